The summed E-state index contributed by atoms with van der Waals surface area (Å²) in [5.41, 5.74) is 0.863. The van der Waals surface area contributed by atoms with Crippen LogP contribution in [0, 0.1) is 0 Å². The van der Waals surface area contributed by atoms with Gasteiger partial charge >= 0.3 is 0 Å². The van der Waals surface area contributed by atoms with E-state index in [1.165, 1.54) is 0 Å². The van der Waals surface area contributed by atoms with E-state index in [2.05, 4.69) is 12.2 Å². The van der Waals surface area contributed by atoms with Gasteiger partial charge in [0.15, 0.2) is 0 Å². The SMILES string of the molecule is CCCNCC(O)c1cccc(Oc2ccccc2)c1. The molecule has 0 spiro atoms. The highest BCUT2D eigenvalue weighted by atomic mass is 16.5. The Balaban J connectivity index is 2.00. The van der Waals surface area contributed by atoms with Gasteiger partial charge in [-0.2, -0.15) is 0 Å². The molecule has 0 aliphatic rings. The number of ether oxygens (including phenoxy) is 1. The van der Waals surface area contributed by atoms with Crippen molar-refractivity contribution in [2.75, 3.05) is 13.1 Å². The Hall–Kier alpha value is -1.84. The summed E-state index contributed by atoms with van der Waals surface area (Å²) >= 11 is 0. The van der Waals surface area contributed by atoms with Crippen molar-refractivity contribution in [1.29, 1.82) is 0 Å². The number of rotatable bonds is 7. The van der Waals surface area contributed by atoms with Gasteiger partial charge in [-0.3, -0.25) is 0 Å². The van der Waals surface area contributed by atoms with Gasteiger partial charge in [0, 0.05) is 6.54 Å². The molecule has 20 heavy (non-hydrogen) atoms. The molecule has 3 heteroatoms. The van der Waals surface area contributed by atoms with E-state index in [0.717, 1.165) is 30.0 Å². The lowest BCUT2D eigenvalue weighted by atomic mass is 10.1. The van der Waals surface area contributed by atoms with Crippen LogP contribution in [0.3, 0.4) is 0 Å². The van der Waals surface area contributed by atoms with Crippen LogP contribution in [-0.2, 0) is 0 Å². The summed E-state index contributed by atoms with van der Waals surface area (Å²) in [4.78, 5) is 0. The van der Waals surface area contributed by atoms with E-state index >= 15 is 0 Å². The van der Waals surface area contributed by atoms with Gasteiger partial charge in [0.25, 0.3) is 0 Å². The van der Waals surface area contributed by atoms with Crippen LogP contribution < -0.4 is 10.1 Å². The molecule has 0 aliphatic heterocycles. The first-order valence-corrected chi connectivity index (χ1v) is 7.01. The summed E-state index contributed by atoms with van der Waals surface area (Å²) in [6.07, 6.45) is 0.546. The molecule has 1 unspecified atom stereocenters. The molecule has 2 rings (SSSR count). The van der Waals surface area contributed by atoms with Gasteiger partial charge in [0.05, 0.1) is 6.10 Å². The highest BCUT2D eigenvalue weighted by Gasteiger charge is 2.08. The van der Waals surface area contributed by atoms with Crippen molar-refractivity contribution < 1.29 is 9.84 Å². The van der Waals surface area contributed by atoms with Gasteiger partial charge in [-0.15, -0.1) is 0 Å². The molecule has 0 fully saturated rings. The molecule has 0 saturated carbocycles. The quantitative estimate of drug-likeness (QED) is 0.757. The molecule has 0 aromatic heterocycles. The molecular formula is C17H21NO2. The number of para-hydroxylation sites is 1. The van der Waals surface area contributed by atoms with Crippen molar-refractivity contribution in [3.05, 3.63) is 60.2 Å². The first-order chi connectivity index (χ1) is 9.79. The highest BCUT2D eigenvalue weighted by molar-refractivity contribution is 5.34. The van der Waals surface area contributed by atoms with Gasteiger partial charge in [-0.05, 0) is 42.8 Å². The first-order valence-electron chi connectivity index (χ1n) is 7.01. The zero-order valence-corrected chi connectivity index (χ0v) is 11.8. The molecule has 2 N–H and O–H groups in total. The summed E-state index contributed by atoms with van der Waals surface area (Å²) in [5, 5.41) is 13.3. The van der Waals surface area contributed by atoms with Crippen molar-refractivity contribution in [2.45, 2.75) is 19.4 Å². The molecule has 0 saturated heterocycles. The Morgan fingerprint density at radius 3 is 2.55 bits per heavy atom. The average Bonchev–Trinajstić information content (AvgIpc) is 2.49. The summed E-state index contributed by atoms with van der Waals surface area (Å²) in [7, 11) is 0. The predicted molar refractivity (Wildman–Crippen MR) is 81.1 cm³/mol. The molecule has 2 aromatic carbocycles. The lowest BCUT2D eigenvalue weighted by Gasteiger charge is -2.13. The molecule has 3 nitrogen and oxygen atoms in total. The van der Waals surface area contributed by atoms with E-state index in [0.29, 0.717) is 6.54 Å². The van der Waals surface area contributed by atoms with Crippen LogP contribution in [0.4, 0.5) is 0 Å². The fraction of sp³-hybridized carbons (Fsp3) is 0.294. The number of hydrogen-bond donors (Lipinski definition) is 2. The van der Waals surface area contributed by atoms with Crippen molar-refractivity contribution in [3.8, 4) is 11.5 Å². The molecule has 1 atom stereocenters. The van der Waals surface area contributed by atoms with Crippen LogP contribution in [0.1, 0.15) is 25.0 Å². The van der Waals surface area contributed by atoms with E-state index < -0.39 is 6.10 Å². The zero-order chi connectivity index (χ0) is 14.2. The summed E-state index contributed by atoms with van der Waals surface area (Å²) in [6.45, 7) is 3.58. The Labute approximate surface area is 120 Å². The minimum absolute atomic E-state index is 0.513. The minimum atomic E-state index is -0.513. The molecule has 2 aromatic rings. The topological polar surface area (TPSA) is 41.5 Å². The number of nitrogens with one attached hydrogen (secondary N) is 1. The summed E-state index contributed by atoms with van der Waals surface area (Å²) < 4.78 is 5.76. The molecular weight excluding hydrogens is 250 g/mol. The van der Waals surface area contributed by atoms with Crippen molar-refractivity contribution in [2.24, 2.45) is 0 Å². The van der Waals surface area contributed by atoms with Crippen molar-refractivity contribution >= 4 is 0 Å². The van der Waals surface area contributed by atoms with Crippen LogP contribution >= 0.6 is 0 Å². The first kappa shape index (κ1) is 14.6. The lowest BCUT2D eigenvalue weighted by molar-refractivity contribution is 0.174. The Morgan fingerprint density at radius 2 is 1.80 bits per heavy atom. The third-order valence-corrected chi connectivity index (χ3v) is 2.99. The average molecular weight is 271 g/mol. The molecule has 106 valence electrons. The second-order valence-corrected chi connectivity index (χ2v) is 4.71. The maximum atomic E-state index is 10.1. The maximum absolute atomic E-state index is 10.1. The van der Waals surface area contributed by atoms with E-state index in [9.17, 15) is 5.11 Å². The number of hydrogen-bond acceptors (Lipinski definition) is 3. The van der Waals surface area contributed by atoms with Crippen LogP contribution in [0.25, 0.3) is 0 Å². The minimum Gasteiger partial charge on any atom is -0.457 e. The highest BCUT2D eigenvalue weighted by Crippen LogP contribution is 2.24. The van der Waals surface area contributed by atoms with E-state index in [-0.39, 0.29) is 0 Å². The van der Waals surface area contributed by atoms with Gasteiger partial charge in [0.2, 0.25) is 0 Å². The van der Waals surface area contributed by atoms with Crippen LogP contribution in [-0.4, -0.2) is 18.2 Å². The van der Waals surface area contributed by atoms with Crippen LogP contribution in [0.15, 0.2) is 54.6 Å². The summed E-state index contributed by atoms with van der Waals surface area (Å²) in [6, 6.07) is 17.2. The Kier molecular flexibility index (Phi) is 5.59. The summed E-state index contributed by atoms with van der Waals surface area (Å²) in [5.74, 6) is 1.53. The monoisotopic (exact) mass is 271 g/mol. The second-order valence-electron chi connectivity index (χ2n) is 4.71. The lowest BCUT2D eigenvalue weighted by Crippen LogP contribution is -2.22. The third-order valence-electron chi connectivity index (χ3n) is 2.99. The van der Waals surface area contributed by atoms with Crippen molar-refractivity contribution in [1.82, 2.24) is 5.32 Å². The zero-order valence-electron chi connectivity index (χ0n) is 11.8. The van der Waals surface area contributed by atoms with Crippen LogP contribution in [0.5, 0.6) is 11.5 Å². The standard InChI is InChI=1S/C17H21NO2/c1-2-11-18-13-17(19)14-7-6-10-16(12-14)20-15-8-4-3-5-9-15/h3-10,12,17-19H,2,11,13H2,1H3. The number of benzene rings is 2. The smallest absolute Gasteiger partial charge is 0.127 e. The van der Waals surface area contributed by atoms with Crippen molar-refractivity contribution in [3.63, 3.8) is 0 Å². The fourth-order valence-corrected chi connectivity index (χ4v) is 1.94. The molecule has 0 bridgehead atoms. The largest absolute Gasteiger partial charge is 0.457 e. The van der Waals surface area contributed by atoms with E-state index in [4.69, 9.17) is 4.74 Å². The number of aliphatic hydroxyl groups is 1. The van der Waals surface area contributed by atoms with Gasteiger partial charge in [-0.1, -0.05) is 37.3 Å². The second kappa shape index (κ2) is 7.68. The predicted octanol–water partition coefficient (Wildman–Crippen LogP) is 3.51. The molecule has 0 radical (unpaired) electrons. The molecule has 0 amide bonds. The van der Waals surface area contributed by atoms with Gasteiger partial charge in [0.1, 0.15) is 11.5 Å². The maximum Gasteiger partial charge on any atom is 0.127 e. The van der Waals surface area contributed by atoms with E-state index in [1.54, 1.807) is 0 Å². The van der Waals surface area contributed by atoms with E-state index in [1.807, 2.05) is 54.6 Å². The van der Waals surface area contributed by atoms with Gasteiger partial charge in [-0.25, -0.2) is 0 Å². The Bertz CT molecular complexity index is 513. The fourth-order valence-electron chi connectivity index (χ4n) is 1.94. The molecule has 0 heterocycles. The molecule has 0 aliphatic carbocycles. The number of aliphatic hydroxyl groups excluding tert-OH is 1. The third kappa shape index (κ3) is 4.37. The van der Waals surface area contributed by atoms with Crippen LogP contribution in [0.2, 0.25) is 0 Å². The normalized spacial score (nSPS) is 12.1. The Morgan fingerprint density at radius 1 is 1.05 bits per heavy atom. The van der Waals surface area contributed by atoms with Gasteiger partial charge < -0.3 is 15.2 Å².